The molecule has 1 aliphatic rings. The fourth-order valence-corrected chi connectivity index (χ4v) is 2.47. The molecule has 19 heavy (non-hydrogen) atoms. The van der Waals surface area contributed by atoms with Crippen molar-refractivity contribution in [2.75, 3.05) is 31.8 Å². The van der Waals surface area contributed by atoms with Gasteiger partial charge in [-0.1, -0.05) is 19.3 Å². The lowest BCUT2D eigenvalue weighted by Gasteiger charge is -2.23. The van der Waals surface area contributed by atoms with E-state index < -0.39 is 9.84 Å². The molecule has 0 unspecified atom stereocenters. The second kappa shape index (κ2) is 8.37. The quantitative estimate of drug-likeness (QED) is 0.399. The van der Waals surface area contributed by atoms with Gasteiger partial charge in [0.15, 0.2) is 5.96 Å². The van der Waals surface area contributed by atoms with Gasteiger partial charge < -0.3 is 15.8 Å². The standard InChI is InChI=1S/C12H25N3O3S/c1-19(16,17)10-9-18-8-7-14-12(13)15-11-5-3-2-4-6-11/h11H,2-10H2,1H3,(H3,13,14,15). The van der Waals surface area contributed by atoms with Crippen LogP contribution in [0.3, 0.4) is 0 Å². The van der Waals surface area contributed by atoms with E-state index in [9.17, 15) is 8.42 Å². The van der Waals surface area contributed by atoms with Crippen LogP contribution in [0.25, 0.3) is 0 Å². The highest BCUT2D eigenvalue weighted by molar-refractivity contribution is 7.90. The molecule has 6 nitrogen and oxygen atoms in total. The van der Waals surface area contributed by atoms with Gasteiger partial charge in [0.05, 0.1) is 25.5 Å². The number of hydrogen-bond acceptors (Lipinski definition) is 4. The summed E-state index contributed by atoms with van der Waals surface area (Å²) in [6.45, 7) is 1.06. The molecular formula is C12H25N3O3S. The first-order chi connectivity index (χ1) is 8.97. The molecule has 0 aromatic carbocycles. The number of aliphatic imine (C=N–C) groups is 1. The third-order valence-electron chi connectivity index (χ3n) is 3.07. The Kier molecular flexibility index (Phi) is 7.15. The van der Waals surface area contributed by atoms with Gasteiger partial charge in [-0.3, -0.25) is 4.99 Å². The molecule has 0 amide bonds. The smallest absolute Gasteiger partial charge is 0.188 e. The van der Waals surface area contributed by atoms with Gasteiger partial charge in [0.1, 0.15) is 9.84 Å². The van der Waals surface area contributed by atoms with Crippen LogP contribution in [0.1, 0.15) is 32.1 Å². The van der Waals surface area contributed by atoms with E-state index in [2.05, 4.69) is 10.3 Å². The number of nitrogens with zero attached hydrogens (tertiary/aromatic N) is 1. The lowest BCUT2D eigenvalue weighted by atomic mass is 9.96. The molecule has 0 aliphatic heterocycles. The number of nitrogens with one attached hydrogen (secondary N) is 1. The summed E-state index contributed by atoms with van der Waals surface area (Å²) in [5, 5.41) is 3.21. The normalized spacial score (nSPS) is 18.5. The summed E-state index contributed by atoms with van der Waals surface area (Å²) in [4.78, 5) is 4.16. The van der Waals surface area contributed by atoms with E-state index >= 15 is 0 Å². The Bertz CT molecular complexity index is 376. The van der Waals surface area contributed by atoms with Crippen molar-refractivity contribution in [1.82, 2.24) is 5.32 Å². The van der Waals surface area contributed by atoms with Crippen molar-refractivity contribution in [3.8, 4) is 0 Å². The summed E-state index contributed by atoms with van der Waals surface area (Å²) in [5.41, 5.74) is 5.78. The highest BCUT2D eigenvalue weighted by atomic mass is 32.2. The molecule has 112 valence electrons. The number of ether oxygens (including phenoxy) is 1. The second-order valence-corrected chi connectivity index (χ2v) is 7.25. The van der Waals surface area contributed by atoms with Crippen LogP contribution in [0, 0.1) is 0 Å². The Morgan fingerprint density at radius 2 is 2.00 bits per heavy atom. The van der Waals surface area contributed by atoms with Crippen molar-refractivity contribution in [3.63, 3.8) is 0 Å². The third kappa shape index (κ3) is 8.83. The minimum Gasteiger partial charge on any atom is -0.378 e. The predicted molar refractivity (Wildman–Crippen MR) is 77.0 cm³/mol. The summed E-state index contributed by atoms with van der Waals surface area (Å²) >= 11 is 0. The van der Waals surface area contributed by atoms with Crippen molar-refractivity contribution in [2.24, 2.45) is 10.7 Å². The molecular weight excluding hydrogens is 266 g/mol. The average molecular weight is 291 g/mol. The van der Waals surface area contributed by atoms with Gasteiger partial charge in [0.2, 0.25) is 0 Å². The minimum absolute atomic E-state index is 0.0481. The maximum Gasteiger partial charge on any atom is 0.188 e. The summed E-state index contributed by atoms with van der Waals surface area (Å²) < 4.78 is 26.9. The van der Waals surface area contributed by atoms with Crippen molar-refractivity contribution in [3.05, 3.63) is 0 Å². The van der Waals surface area contributed by atoms with Gasteiger partial charge in [-0.15, -0.1) is 0 Å². The summed E-state index contributed by atoms with van der Waals surface area (Å²) in [6.07, 6.45) is 7.31. The van der Waals surface area contributed by atoms with Crippen molar-refractivity contribution >= 4 is 15.8 Å². The van der Waals surface area contributed by atoms with Crippen LogP contribution < -0.4 is 11.1 Å². The molecule has 0 bridgehead atoms. The van der Waals surface area contributed by atoms with Crippen LogP contribution in [-0.2, 0) is 14.6 Å². The fourth-order valence-electron chi connectivity index (χ4n) is 2.04. The first kappa shape index (κ1) is 16.2. The van der Waals surface area contributed by atoms with Crippen LogP contribution in [0.15, 0.2) is 4.99 Å². The van der Waals surface area contributed by atoms with Crippen LogP contribution in [0.2, 0.25) is 0 Å². The van der Waals surface area contributed by atoms with E-state index in [1.165, 1.54) is 25.5 Å². The molecule has 0 heterocycles. The molecule has 0 saturated heterocycles. The van der Waals surface area contributed by atoms with Crippen molar-refractivity contribution < 1.29 is 13.2 Å². The van der Waals surface area contributed by atoms with Gasteiger partial charge in [-0.25, -0.2) is 8.42 Å². The first-order valence-corrected chi connectivity index (χ1v) is 8.85. The number of guanidine groups is 1. The van der Waals surface area contributed by atoms with Crippen LogP contribution in [-0.4, -0.2) is 52.2 Å². The van der Waals surface area contributed by atoms with Gasteiger partial charge >= 0.3 is 0 Å². The Morgan fingerprint density at radius 1 is 1.32 bits per heavy atom. The summed E-state index contributed by atoms with van der Waals surface area (Å²) in [6, 6.07) is 0.448. The zero-order chi connectivity index (χ0) is 14.1. The van der Waals surface area contributed by atoms with E-state index in [0.29, 0.717) is 25.2 Å². The number of nitrogens with two attached hydrogens (primary N) is 1. The SMILES string of the molecule is CS(=O)(=O)CCOCCN=C(N)NC1CCCCC1. The monoisotopic (exact) mass is 291 g/mol. The number of rotatable bonds is 7. The third-order valence-corrected chi connectivity index (χ3v) is 3.98. The van der Waals surface area contributed by atoms with Gasteiger partial charge in [0.25, 0.3) is 0 Å². The molecule has 0 radical (unpaired) electrons. The Labute approximate surface area is 115 Å². The topological polar surface area (TPSA) is 93.8 Å². The maximum absolute atomic E-state index is 10.9. The van der Waals surface area contributed by atoms with E-state index in [4.69, 9.17) is 10.5 Å². The Balaban J connectivity index is 2.07. The zero-order valence-electron chi connectivity index (χ0n) is 11.6. The van der Waals surface area contributed by atoms with Crippen molar-refractivity contribution in [1.29, 1.82) is 0 Å². The molecule has 1 saturated carbocycles. The average Bonchev–Trinajstić information content (AvgIpc) is 2.33. The fraction of sp³-hybridized carbons (Fsp3) is 0.917. The summed E-state index contributed by atoms with van der Waals surface area (Å²) in [7, 11) is -2.94. The number of hydrogen-bond donors (Lipinski definition) is 2. The lowest BCUT2D eigenvalue weighted by Crippen LogP contribution is -2.41. The molecule has 1 rings (SSSR count). The van der Waals surface area contributed by atoms with Crippen LogP contribution in [0.5, 0.6) is 0 Å². The molecule has 0 atom stereocenters. The van der Waals surface area contributed by atoms with Gasteiger partial charge in [-0.2, -0.15) is 0 Å². The van der Waals surface area contributed by atoms with E-state index in [-0.39, 0.29) is 12.4 Å². The number of sulfone groups is 1. The first-order valence-electron chi connectivity index (χ1n) is 6.79. The van der Waals surface area contributed by atoms with E-state index in [1.54, 1.807) is 0 Å². The Morgan fingerprint density at radius 3 is 2.63 bits per heavy atom. The lowest BCUT2D eigenvalue weighted by molar-refractivity contribution is 0.157. The van der Waals surface area contributed by atoms with Crippen LogP contribution in [0.4, 0.5) is 0 Å². The van der Waals surface area contributed by atoms with E-state index in [0.717, 1.165) is 12.8 Å². The molecule has 0 spiro atoms. The largest absolute Gasteiger partial charge is 0.378 e. The molecule has 7 heteroatoms. The maximum atomic E-state index is 10.9. The summed E-state index contributed by atoms with van der Waals surface area (Å²) in [5.74, 6) is 0.505. The minimum atomic E-state index is -2.94. The predicted octanol–water partition coefficient (Wildman–Crippen LogP) is 0.285. The molecule has 0 aromatic rings. The second-order valence-electron chi connectivity index (χ2n) is 4.99. The van der Waals surface area contributed by atoms with Crippen molar-refractivity contribution in [2.45, 2.75) is 38.1 Å². The van der Waals surface area contributed by atoms with Crippen LogP contribution >= 0.6 is 0 Å². The Hall–Kier alpha value is -0.820. The highest BCUT2D eigenvalue weighted by Crippen LogP contribution is 2.16. The van der Waals surface area contributed by atoms with Gasteiger partial charge in [0, 0.05) is 12.3 Å². The molecule has 1 aliphatic carbocycles. The molecule has 3 N–H and O–H groups in total. The molecule has 1 fully saturated rings. The van der Waals surface area contributed by atoms with E-state index in [1.807, 2.05) is 0 Å². The highest BCUT2D eigenvalue weighted by Gasteiger charge is 2.13. The van der Waals surface area contributed by atoms with Gasteiger partial charge in [-0.05, 0) is 12.8 Å². The zero-order valence-corrected chi connectivity index (χ0v) is 12.4. The molecule has 0 aromatic heterocycles.